The highest BCUT2D eigenvalue weighted by atomic mass is 19.4. The molecular formula is C18H29F3O3. The number of hydrogen-bond donors (Lipinski definition) is 0. The molecule has 24 heavy (non-hydrogen) atoms. The van der Waals surface area contributed by atoms with Crippen molar-refractivity contribution in [3.05, 3.63) is 0 Å². The lowest BCUT2D eigenvalue weighted by Crippen LogP contribution is -2.49. The van der Waals surface area contributed by atoms with Gasteiger partial charge in [0, 0.05) is 0 Å². The summed E-state index contributed by atoms with van der Waals surface area (Å²) in [6, 6.07) is 0. The van der Waals surface area contributed by atoms with Crippen molar-refractivity contribution in [1.82, 2.24) is 0 Å². The van der Waals surface area contributed by atoms with E-state index < -0.39 is 23.5 Å². The van der Waals surface area contributed by atoms with E-state index in [1.54, 1.807) is 20.8 Å². The molecule has 0 spiro atoms. The van der Waals surface area contributed by atoms with Gasteiger partial charge in [0.05, 0.1) is 0 Å². The fourth-order valence-electron chi connectivity index (χ4n) is 4.50. The molecule has 0 amide bonds. The van der Waals surface area contributed by atoms with Gasteiger partial charge in [-0.15, -0.1) is 0 Å². The summed E-state index contributed by atoms with van der Waals surface area (Å²) >= 11 is 0. The molecule has 0 aromatic heterocycles. The normalized spacial score (nSPS) is 35.6. The first kappa shape index (κ1) is 19.4. The van der Waals surface area contributed by atoms with E-state index in [9.17, 15) is 18.0 Å². The Hall–Kier alpha value is -0.940. The van der Waals surface area contributed by atoms with Gasteiger partial charge in [-0.3, -0.25) is 0 Å². The minimum atomic E-state index is -4.62. The fourth-order valence-corrected chi connectivity index (χ4v) is 4.50. The van der Waals surface area contributed by atoms with Gasteiger partial charge in [-0.25, -0.2) is 4.79 Å². The smallest absolute Gasteiger partial charge is 0.429 e. The van der Waals surface area contributed by atoms with Crippen LogP contribution in [0.2, 0.25) is 0 Å². The minimum Gasteiger partial charge on any atom is -0.429 e. The van der Waals surface area contributed by atoms with Crippen molar-refractivity contribution in [1.29, 1.82) is 0 Å². The quantitative estimate of drug-likeness (QED) is 0.624. The molecule has 0 aromatic carbocycles. The van der Waals surface area contributed by atoms with Crippen LogP contribution in [0.3, 0.4) is 0 Å². The molecule has 0 radical (unpaired) electrons. The molecule has 6 unspecified atom stereocenters. The number of halogens is 3. The van der Waals surface area contributed by atoms with Crippen LogP contribution in [0.5, 0.6) is 0 Å². The van der Waals surface area contributed by atoms with Crippen molar-refractivity contribution in [2.45, 2.75) is 78.2 Å². The Labute approximate surface area is 142 Å². The molecular weight excluding hydrogens is 321 g/mol. The monoisotopic (exact) mass is 350 g/mol. The third-order valence-corrected chi connectivity index (χ3v) is 5.98. The van der Waals surface area contributed by atoms with E-state index in [2.05, 4.69) is 13.8 Å². The van der Waals surface area contributed by atoms with Crippen molar-refractivity contribution >= 4 is 6.16 Å². The summed E-state index contributed by atoms with van der Waals surface area (Å²) in [6.45, 7) is 10.1. The molecule has 2 saturated carbocycles. The van der Waals surface area contributed by atoms with E-state index in [1.165, 1.54) is 0 Å². The molecule has 0 saturated heterocycles. The van der Waals surface area contributed by atoms with Gasteiger partial charge in [-0.05, 0) is 76.5 Å². The molecule has 2 rings (SSSR count). The fraction of sp³-hybridized carbons (Fsp3) is 0.944. The van der Waals surface area contributed by atoms with E-state index in [-0.39, 0.29) is 18.3 Å². The average Bonchev–Trinajstić information content (AvgIpc) is 2.86. The van der Waals surface area contributed by atoms with Crippen molar-refractivity contribution < 1.29 is 27.4 Å². The molecule has 0 N–H and O–H groups in total. The number of rotatable bonds is 3. The minimum absolute atomic E-state index is 0.0599. The Bertz CT molecular complexity index is 481. The van der Waals surface area contributed by atoms with E-state index in [0.29, 0.717) is 17.8 Å². The average molecular weight is 350 g/mol. The van der Waals surface area contributed by atoms with Crippen LogP contribution in [0.25, 0.3) is 0 Å². The highest BCUT2D eigenvalue weighted by Gasteiger charge is 2.59. The summed E-state index contributed by atoms with van der Waals surface area (Å²) in [7, 11) is 0. The lowest BCUT2D eigenvalue weighted by atomic mass is 9.72. The summed E-state index contributed by atoms with van der Waals surface area (Å²) in [4.78, 5) is 11.8. The maximum Gasteiger partial charge on any atom is 0.509 e. The molecule has 140 valence electrons. The van der Waals surface area contributed by atoms with Crippen molar-refractivity contribution in [2.75, 3.05) is 0 Å². The molecule has 2 aliphatic carbocycles. The van der Waals surface area contributed by atoms with E-state index in [4.69, 9.17) is 9.47 Å². The van der Waals surface area contributed by atoms with E-state index >= 15 is 0 Å². The Balaban J connectivity index is 2.10. The maximum atomic E-state index is 13.6. The van der Waals surface area contributed by atoms with Crippen LogP contribution in [0, 0.1) is 29.6 Å². The maximum absolute atomic E-state index is 13.6. The van der Waals surface area contributed by atoms with Crippen LogP contribution in [-0.4, -0.2) is 23.5 Å². The topological polar surface area (TPSA) is 35.5 Å². The van der Waals surface area contributed by atoms with E-state index in [1.807, 2.05) is 0 Å². The number of carbonyl (C=O) groups is 1. The Morgan fingerprint density at radius 3 is 2.00 bits per heavy atom. The Morgan fingerprint density at radius 2 is 1.58 bits per heavy atom. The SMILES string of the molecule is CC1C2CC(CC(C)(OC(=O)OC(C)(C)C)C(F)(F)F)C(C2)C1C. The lowest BCUT2D eigenvalue weighted by Gasteiger charge is -2.38. The van der Waals surface area contributed by atoms with Gasteiger partial charge < -0.3 is 9.47 Å². The zero-order chi connectivity index (χ0) is 18.5. The van der Waals surface area contributed by atoms with Crippen LogP contribution in [0.4, 0.5) is 18.0 Å². The number of carbonyl (C=O) groups excluding carboxylic acids is 1. The van der Waals surface area contributed by atoms with Crippen molar-refractivity contribution in [3.8, 4) is 0 Å². The first-order chi connectivity index (χ1) is 10.7. The zero-order valence-corrected chi connectivity index (χ0v) is 15.4. The highest BCUT2D eigenvalue weighted by molar-refractivity contribution is 5.61. The van der Waals surface area contributed by atoms with Gasteiger partial charge in [0.2, 0.25) is 5.60 Å². The van der Waals surface area contributed by atoms with Gasteiger partial charge in [0.1, 0.15) is 5.60 Å². The predicted octanol–water partition coefficient (Wildman–Crippen LogP) is 5.58. The van der Waals surface area contributed by atoms with Crippen molar-refractivity contribution in [2.24, 2.45) is 29.6 Å². The molecule has 0 aromatic rings. The number of fused-ring (bicyclic) bond motifs is 2. The second-order valence-electron chi connectivity index (χ2n) is 8.87. The zero-order valence-electron chi connectivity index (χ0n) is 15.4. The second-order valence-corrected chi connectivity index (χ2v) is 8.87. The largest absolute Gasteiger partial charge is 0.509 e. The van der Waals surface area contributed by atoms with Crippen LogP contribution in [0.15, 0.2) is 0 Å². The summed E-state index contributed by atoms with van der Waals surface area (Å²) < 4.78 is 50.7. The summed E-state index contributed by atoms with van der Waals surface area (Å²) in [5, 5.41) is 0. The van der Waals surface area contributed by atoms with Gasteiger partial charge in [-0.2, -0.15) is 13.2 Å². The van der Waals surface area contributed by atoms with Crippen molar-refractivity contribution in [3.63, 3.8) is 0 Å². The highest BCUT2D eigenvalue weighted by Crippen LogP contribution is 2.58. The molecule has 6 atom stereocenters. The second kappa shape index (κ2) is 6.10. The van der Waals surface area contributed by atoms with Gasteiger partial charge in [-0.1, -0.05) is 13.8 Å². The van der Waals surface area contributed by atoms with Crippen LogP contribution < -0.4 is 0 Å². The summed E-state index contributed by atoms with van der Waals surface area (Å²) in [6.07, 6.45) is -4.28. The number of ether oxygens (including phenoxy) is 2. The molecule has 0 heterocycles. The van der Waals surface area contributed by atoms with Gasteiger partial charge in [0.25, 0.3) is 0 Å². The standard InChI is InChI=1S/C18H29F3O3/c1-10-11(2)14-8-12(10)7-13(14)9-17(6,18(19,20)21)24-15(22)23-16(3,4)5/h10-14H,7-9H2,1-6H3. The summed E-state index contributed by atoms with van der Waals surface area (Å²) in [5.41, 5.74) is -3.40. The predicted molar refractivity (Wildman–Crippen MR) is 84.4 cm³/mol. The third-order valence-electron chi connectivity index (χ3n) is 5.98. The van der Waals surface area contributed by atoms with Gasteiger partial charge in [0.15, 0.2) is 0 Å². The van der Waals surface area contributed by atoms with E-state index in [0.717, 1.165) is 19.8 Å². The molecule has 3 nitrogen and oxygen atoms in total. The third kappa shape index (κ3) is 3.83. The molecule has 2 fully saturated rings. The first-order valence-corrected chi connectivity index (χ1v) is 8.72. The van der Waals surface area contributed by atoms with Crippen LogP contribution in [-0.2, 0) is 9.47 Å². The molecule has 2 aliphatic rings. The van der Waals surface area contributed by atoms with Crippen LogP contribution in [0.1, 0.15) is 60.8 Å². The first-order valence-electron chi connectivity index (χ1n) is 8.72. The number of hydrogen-bond acceptors (Lipinski definition) is 3. The van der Waals surface area contributed by atoms with Gasteiger partial charge >= 0.3 is 12.3 Å². The molecule has 2 bridgehead atoms. The molecule has 6 heteroatoms. The number of alkyl halides is 3. The van der Waals surface area contributed by atoms with Crippen LogP contribution >= 0.6 is 0 Å². The Morgan fingerprint density at radius 1 is 1.00 bits per heavy atom. The Kier molecular flexibility index (Phi) is 4.92. The molecule has 0 aliphatic heterocycles. The lowest BCUT2D eigenvalue weighted by molar-refractivity contribution is -0.265. The summed E-state index contributed by atoms with van der Waals surface area (Å²) in [5.74, 6) is 1.71.